The first kappa shape index (κ1) is 19.1. The highest BCUT2D eigenvalue weighted by atomic mass is 35.5. The average molecular weight is 393 g/mol. The van der Waals surface area contributed by atoms with Crippen molar-refractivity contribution in [3.05, 3.63) is 63.4 Å². The predicted octanol–water partition coefficient (Wildman–Crippen LogP) is 3.15. The Balaban J connectivity index is 1.57. The third kappa shape index (κ3) is 4.72. The first-order chi connectivity index (χ1) is 12.9. The van der Waals surface area contributed by atoms with Gasteiger partial charge in [-0.15, -0.1) is 0 Å². The second-order valence-corrected chi connectivity index (χ2v) is 6.62. The van der Waals surface area contributed by atoms with Crippen LogP contribution in [0.15, 0.2) is 42.5 Å². The van der Waals surface area contributed by atoms with Crippen LogP contribution in [0.3, 0.4) is 0 Å². The van der Waals surface area contributed by atoms with E-state index in [1.54, 1.807) is 18.2 Å². The third-order valence-electron chi connectivity index (χ3n) is 4.36. The SMILES string of the molecule is O=C(CN1CCN(c2ccccc2F)CC1)Nc1cc(Cl)ccc1[N+](=O)[O-]. The minimum absolute atomic E-state index is 0.0718. The number of anilines is 2. The molecule has 1 amide bonds. The summed E-state index contributed by atoms with van der Waals surface area (Å²) in [5.74, 6) is -0.628. The monoisotopic (exact) mass is 392 g/mol. The molecular formula is C18H18ClFN4O3. The maximum atomic E-state index is 13.9. The summed E-state index contributed by atoms with van der Waals surface area (Å²) in [6.45, 7) is 2.44. The lowest BCUT2D eigenvalue weighted by Crippen LogP contribution is -2.48. The van der Waals surface area contributed by atoms with Gasteiger partial charge < -0.3 is 10.2 Å². The van der Waals surface area contributed by atoms with E-state index in [9.17, 15) is 19.3 Å². The summed E-state index contributed by atoms with van der Waals surface area (Å²) in [4.78, 5) is 26.6. The zero-order valence-corrected chi connectivity index (χ0v) is 15.2. The summed E-state index contributed by atoms with van der Waals surface area (Å²) in [5.41, 5.74) is 0.413. The van der Waals surface area contributed by atoms with Gasteiger partial charge >= 0.3 is 0 Å². The van der Waals surface area contributed by atoms with Crippen molar-refractivity contribution in [3.8, 4) is 0 Å². The molecule has 0 bridgehead atoms. The molecule has 142 valence electrons. The van der Waals surface area contributed by atoms with Gasteiger partial charge in [-0.25, -0.2) is 4.39 Å². The minimum Gasteiger partial charge on any atom is -0.367 e. The van der Waals surface area contributed by atoms with Crippen molar-refractivity contribution in [2.45, 2.75) is 0 Å². The lowest BCUT2D eigenvalue weighted by atomic mass is 10.2. The summed E-state index contributed by atoms with van der Waals surface area (Å²) < 4.78 is 13.9. The lowest BCUT2D eigenvalue weighted by molar-refractivity contribution is -0.383. The fraction of sp³-hybridized carbons (Fsp3) is 0.278. The van der Waals surface area contributed by atoms with Crippen LogP contribution >= 0.6 is 11.6 Å². The molecule has 27 heavy (non-hydrogen) atoms. The van der Waals surface area contributed by atoms with Gasteiger partial charge in [0.1, 0.15) is 11.5 Å². The Morgan fingerprint density at radius 3 is 2.56 bits per heavy atom. The number of piperazine rings is 1. The van der Waals surface area contributed by atoms with Gasteiger partial charge in [0.15, 0.2) is 0 Å². The van der Waals surface area contributed by atoms with Crippen LogP contribution in [0.5, 0.6) is 0 Å². The quantitative estimate of drug-likeness (QED) is 0.624. The number of hydrogen-bond donors (Lipinski definition) is 1. The molecule has 0 unspecified atom stereocenters. The Bertz CT molecular complexity index is 856. The number of rotatable bonds is 5. The molecule has 2 aromatic rings. The van der Waals surface area contributed by atoms with Crippen LogP contribution in [0.4, 0.5) is 21.5 Å². The van der Waals surface area contributed by atoms with Crippen molar-refractivity contribution in [2.75, 3.05) is 42.9 Å². The van der Waals surface area contributed by atoms with Gasteiger partial charge in [-0.3, -0.25) is 19.8 Å². The summed E-state index contributed by atoms with van der Waals surface area (Å²) in [7, 11) is 0. The number of nitro benzene ring substituents is 1. The molecule has 0 saturated carbocycles. The van der Waals surface area contributed by atoms with Crippen molar-refractivity contribution in [1.82, 2.24) is 4.90 Å². The zero-order chi connectivity index (χ0) is 19.4. The fourth-order valence-corrected chi connectivity index (χ4v) is 3.19. The number of nitrogens with one attached hydrogen (secondary N) is 1. The number of amides is 1. The largest absolute Gasteiger partial charge is 0.367 e. The van der Waals surface area contributed by atoms with Crippen LogP contribution in [0.2, 0.25) is 5.02 Å². The molecule has 1 fully saturated rings. The minimum atomic E-state index is -0.570. The highest BCUT2D eigenvalue weighted by molar-refractivity contribution is 6.31. The maximum Gasteiger partial charge on any atom is 0.292 e. The summed E-state index contributed by atoms with van der Waals surface area (Å²) in [6, 6.07) is 10.6. The second-order valence-electron chi connectivity index (χ2n) is 6.18. The Morgan fingerprint density at radius 2 is 1.89 bits per heavy atom. The van der Waals surface area contributed by atoms with Gasteiger partial charge in [0.05, 0.1) is 17.2 Å². The Hall–Kier alpha value is -2.71. The van der Waals surface area contributed by atoms with Crippen LogP contribution < -0.4 is 10.2 Å². The molecule has 7 nitrogen and oxygen atoms in total. The van der Waals surface area contributed by atoms with E-state index in [-0.39, 0.29) is 29.6 Å². The van der Waals surface area contributed by atoms with E-state index in [0.29, 0.717) is 36.9 Å². The van der Waals surface area contributed by atoms with E-state index in [1.165, 1.54) is 24.3 Å². The van der Waals surface area contributed by atoms with E-state index < -0.39 is 4.92 Å². The van der Waals surface area contributed by atoms with Gasteiger partial charge in [-0.1, -0.05) is 23.7 Å². The van der Waals surface area contributed by atoms with Crippen LogP contribution in [0.25, 0.3) is 0 Å². The van der Waals surface area contributed by atoms with Gasteiger partial charge in [0, 0.05) is 37.3 Å². The standard InChI is InChI=1S/C18H18ClFN4O3/c19-13-5-6-17(24(26)27)15(11-13)21-18(25)12-22-7-9-23(10-8-22)16-4-2-1-3-14(16)20/h1-6,11H,7-10,12H2,(H,21,25). The molecule has 0 atom stereocenters. The number of carbonyl (C=O) groups excluding carboxylic acids is 1. The Kier molecular flexibility index (Phi) is 5.88. The van der Waals surface area contributed by atoms with Crippen molar-refractivity contribution in [1.29, 1.82) is 0 Å². The molecular weight excluding hydrogens is 375 g/mol. The number of para-hydroxylation sites is 1. The number of benzene rings is 2. The smallest absolute Gasteiger partial charge is 0.292 e. The van der Waals surface area contributed by atoms with Crippen molar-refractivity contribution in [2.24, 2.45) is 0 Å². The number of carbonyl (C=O) groups is 1. The van der Waals surface area contributed by atoms with Crippen LogP contribution in [-0.2, 0) is 4.79 Å². The molecule has 1 aliphatic rings. The average Bonchev–Trinajstić information content (AvgIpc) is 2.62. The van der Waals surface area contributed by atoms with Gasteiger partial charge in [-0.05, 0) is 24.3 Å². The van der Waals surface area contributed by atoms with Crippen molar-refractivity contribution >= 4 is 34.6 Å². The number of halogens is 2. The molecule has 1 heterocycles. The third-order valence-corrected chi connectivity index (χ3v) is 4.60. The highest BCUT2D eigenvalue weighted by Crippen LogP contribution is 2.27. The molecule has 0 aromatic heterocycles. The van der Waals surface area contributed by atoms with E-state index in [2.05, 4.69) is 5.32 Å². The summed E-state index contributed by atoms with van der Waals surface area (Å²) in [5, 5.41) is 13.9. The Labute approximate surface area is 160 Å². The number of hydrogen-bond acceptors (Lipinski definition) is 5. The van der Waals surface area contributed by atoms with Gasteiger partial charge in [0.2, 0.25) is 5.91 Å². The van der Waals surface area contributed by atoms with Crippen LogP contribution in [0, 0.1) is 15.9 Å². The van der Waals surface area contributed by atoms with Gasteiger partial charge in [-0.2, -0.15) is 0 Å². The van der Waals surface area contributed by atoms with Crippen molar-refractivity contribution < 1.29 is 14.1 Å². The maximum absolute atomic E-state index is 13.9. The Morgan fingerprint density at radius 1 is 1.19 bits per heavy atom. The van der Waals surface area contributed by atoms with E-state index in [1.807, 2.05) is 9.80 Å². The van der Waals surface area contributed by atoms with Crippen LogP contribution in [0.1, 0.15) is 0 Å². The molecule has 1 aliphatic heterocycles. The molecule has 1 saturated heterocycles. The van der Waals surface area contributed by atoms with E-state index >= 15 is 0 Å². The summed E-state index contributed by atoms with van der Waals surface area (Å²) in [6.07, 6.45) is 0. The predicted molar refractivity (Wildman–Crippen MR) is 102 cm³/mol. The topological polar surface area (TPSA) is 78.7 Å². The van der Waals surface area contributed by atoms with Crippen LogP contribution in [-0.4, -0.2) is 48.5 Å². The molecule has 0 aliphatic carbocycles. The first-order valence-corrected chi connectivity index (χ1v) is 8.77. The lowest BCUT2D eigenvalue weighted by Gasteiger charge is -2.35. The first-order valence-electron chi connectivity index (χ1n) is 8.39. The number of nitro groups is 1. The van der Waals surface area contributed by atoms with E-state index in [4.69, 9.17) is 11.6 Å². The van der Waals surface area contributed by atoms with Gasteiger partial charge in [0.25, 0.3) is 5.69 Å². The normalized spacial score (nSPS) is 14.8. The molecule has 0 spiro atoms. The number of nitrogens with zero attached hydrogens (tertiary/aromatic N) is 3. The highest BCUT2D eigenvalue weighted by Gasteiger charge is 2.22. The van der Waals surface area contributed by atoms with E-state index in [0.717, 1.165) is 0 Å². The summed E-state index contributed by atoms with van der Waals surface area (Å²) >= 11 is 5.86. The molecule has 0 radical (unpaired) electrons. The fourth-order valence-electron chi connectivity index (χ4n) is 3.02. The molecule has 2 aromatic carbocycles. The molecule has 1 N–H and O–H groups in total. The van der Waals surface area contributed by atoms with Crippen molar-refractivity contribution in [3.63, 3.8) is 0 Å². The molecule has 3 rings (SSSR count). The zero-order valence-electron chi connectivity index (χ0n) is 14.4. The molecule has 9 heteroatoms. The second kappa shape index (κ2) is 8.32.